The van der Waals surface area contributed by atoms with Gasteiger partial charge in [0.1, 0.15) is 18.0 Å². The lowest BCUT2D eigenvalue weighted by Crippen LogP contribution is -2.52. The first-order valence-corrected chi connectivity index (χ1v) is 5.31. The highest BCUT2D eigenvalue weighted by molar-refractivity contribution is 5.74. The summed E-state index contributed by atoms with van der Waals surface area (Å²) < 4.78 is 18.3. The Balaban J connectivity index is 2.06. The van der Waals surface area contributed by atoms with Crippen LogP contribution in [0.3, 0.4) is 0 Å². The van der Waals surface area contributed by atoms with Crippen LogP contribution in [0.15, 0.2) is 18.3 Å². The number of nitrogens with one attached hydrogen (secondary N) is 1. The lowest BCUT2D eigenvalue weighted by atomic mass is 10.1. The standard InChI is InChI=1S/C11H13FN2O3/c1-6-10(11(15)16)14-5-9(17-6)8-3-2-7(12)4-13-8/h2-4,6,9-10,14H,5H2,1H3,(H,15,16). The summed E-state index contributed by atoms with van der Waals surface area (Å²) in [5, 5.41) is 11.8. The number of hydrogen-bond acceptors (Lipinski definition) is 4. The number of morpholine rings is 1. The maximum absolute atomic E-state index is 12.7. The number of nitrogens with zero attached hydrogens (tertiary/aromatic N) is 1. The van der Waals surface area contributed by atoms with Gasteiger partial charge >= 0.3 is 5.97 Å². The number of rotatable bonds is 2. The number of carboxylic acids is 1. The Morgan fingerprint density at radius 1 is 1.65 bits per heavy atom. The van der Waals surface area contributed by atoms with E-state index >= 15 is 0 Å². The molecule has 1 fully saturated rings. The molecule has 6 heteroatoms. The fourth-order valence-corrected chi connectivity index (χ4v) is 1.83. The lowest BCUT2D eigenvalue weighted by molar-refractivity contribution is -0.149. The smallest absolute Gasteiger partial charge is 0.323 e. The van der Waals surface area contributed by atoms with Gasteiger partial charge in [0.2, 0.25) is 0 Å². The monoisotopic (exact) mass is 240 g/mol. The van der Waals surface area contributed by atoms with Gasteiger partial charge in [-0.25, -0.2) is 4.39 Å². The van der Waals surface area contributed by atoms with E-state index in [1.807, 2.05) is 0 Å². The molecule has 17 heavy (non-hydrogen) atoms. The minimum atomic E-state index is -0.942. The van der Waals surface area contributed by atoms with Gasteiger partial charge in [0.05, 0.1) is 18.0 Å². The molecule has 3 unspecified atom stereocenters. The van der Waals surface area contributed by atoms with E-state index in [2.05, 4.69) is 10.3 Å². The van der Waals surface area contributed by atoms with Crippen LogP contribution >= 0.6 is 0 Å². The topological polar surface area (TPSA) is 71.5 Å². The van der Waals surface area contributed by atoms with Gasteiger partial charge in [-0.3, -0.25) is 15.1 Å². The summed E-state index contributed by atoms with van der Waals surface area (Å²) in [4.78, 5) is 14.8. The molecular weight excluding hydrogens is 227 g/mol. The van der Waals surface area contributed by atoms with Crippen molar-refractivity contribution >= 4 is 5.97 Å². The van der Waals surface area contributed by atoms with Crippen LogP contribution in [0.1, 0.15) is 18.7 Å². The molecule has 1 aromatic heterocycles. The number of carboxylic acid groups (broad SMARTS) is 1. The Hall–Kier alpha value is -1.53. The Kier molecular flexibility index (Phi) is 3.35. The van der Waals surface area contributed by atoms with Gasteiger partial charge in [-0.15, -0.1) is 0 Å². The third-order valence-electron chi connectivity index (χ3n) is 2.72. The molecule has 1 aliphatic heterocycles. The summed E-state index contributed by atoms with van der Waals surface area (Å²) in [5.74, 6) is -1.35. The molecule has 1 aromatic rings. The molecule has 0 aliphatic carbocycles. The first kappa shape index (κ1) is 11.9. The number of pyridine rings is 1. The molecule has 2 N–H and O–H groups in total. The molecule has 2 rings (SSSR count). The van der Waals surface area contributed by atoms with Crippen molar-refractivity contribution in [3.63, 3.8) is 0 Å². The van der Waals surface area contributed by atoms with Crippen LogP contribution in [0.25, 0.3) is 0 Å². The molecule has 1 aliphatic rings. The van der Waals surface area contributed by atoms with Gasteiger partial charge in [-0.2, -0.15) is 0 Å². The van der Waals surface area contributed by atoms with E-state index in [-0.39, 0.29) is 6.10 Å². The summed E-state index contributed by atoms with van der Waals surface area (Å²) in [7, 11) is 0. The minimum Gasteiger partial charge on any atom is -0.480 e. The van der Waals surface area contributed by atoms with E-state index in [1.54, 1.807) is 6.92 Å². The van der Waals surface area contributed by atoms with Gasteiger partial charge in [0.15, 0.2) is 0 Å². The molecule has 0 radical (unpaired) electrons. The Bertz CT molecular complexity index is 410. The van der Waals surface area contributed by atoms with E-state index in [0.29, 0.717) is 12.2 Å². The van der Waals surface area contributed by atoms with Crippen LogP contribution in [0, 0.1) is 5.82 Å². The second kappa shape index (κ2) is 4.77. The third kappa shape index (κ3) is 2.59. The second-order valence-corrected chi connectivity index (χ2v) is 3.96. The number of ether oxygens (including phenoxy) is 1. The zero-order valence-electron chi connectivity index (χ0n) is 9.26. The van der Waals surface area contributed by atoms with Crippen LogP contribution in [-0.2, 0) is 9.53 Å². The Morgan fingerprint density at radius 3 is 2.94 bits per heavy atom. The van der Waals surface area contributed by atoms with Gasteiger partial charge in [0.25, 0.3) is 0 Å². The van der Waals surface area contributed by atoms with Crippen LogP contribution < -0.4 is 5.32 Å². The van der Waals surface area contributed by atoms with E-state index < -0.39 is 23.9 Å². The van der Waals surface area contributed by atoms with Crippen molar-refractivity contribution in [3.8, 4) is 0 Å². The highest BCUT2D eigenvalue weighted by Gasteiger charge is 2.33. The summed E-state index contributed by atoms with van der Waals surface area (Å²) in [6.07, 6.45) is 0.312. The average Bonchev–Trinajstić information content (AvgIpc) is 2.29. The molecule has 0 bridgehead atoms. The summed E-state index contributed by atoms with van der Waals surface area (Å²) >= 11 is 0. The van der Waals surface area contributed by atoms with Gasteiger partial charge in [0, 0.05) is 6.54 Å². The highest BCUT2D eigenvalue weighted by atomic mass is 19.1. The van der Waals surface area contributed by atoms with Crippen molar-refractivity contribution < 1.29 is 19.0 Å². The lowest BCUT2D eigenvalue weighted by Gasteiger charge is -2.33. The van der Waals surface area contributed by atoms with Crippen LogP contribution in [0.2, 0.25) is 0 Å². The zero-order chi connectivity index (χ0) is 12.4. The Labute approximate surface area is 97.6 Å². The number of carbonyl (C=O) groups is 1. The van der Waals surface area contributed by atoms with Gasteiger partial charge < -0.3 is 9.84 Å². The highest BCUT2D eigenvalue weighted by Crippen LogP contribution is 2.22. The summed E-state index contributed by atoms with van der Waals surface area (Å²) in [6.45, 7) is 2.03. The van der Waals surface area contributed by atoms with Crippen molar-refractivity contribution in [2.24, 2.45) is 0 Å². The number of aromatic nitrogens is 1. The molecule has 3 atom stereocenters. The van der Waals surface area contributed by atoms with Crippen LogP contribution in [0.4, 0.5) is 4.39 Å². The summed E-state index contributed by atoms with van der Waals surface area (Å²) in [6, 6.07) is 2.13. The van der Waals surface area contributed by atoms with Crippen molar-refractivity contribution in [2.75, 3.05) is 6.54 Å². The SMILES string of the molecule is CC1OC(c2ccc(F)cn2)CNC1C(=O)O. The molecular formula is C11H13FN2O3. The molecule has 92 valence electrons. The van der Waals surface area contributed by atoms with Gasteiger partial charge in [-0.1, -0.05) is 0 Å². The average molecular weight is 240 g/mol. The number of halogens is 1. The molecule has 0 aromatic carbocycles. The zero-order valence-corrected chi connectivity index (χ0v) is 9.26. The predicted molar refractivity (Wildman–Crippen MR) is 56.9 cm³/mol. The quantitative estimate of drug-likeness (QED) is 0.797. The maximum Gasteiger partial charge on any atom is 0.323 e. The first-order valence-electron chi connectivity index (χ1n) is 5.31. The fraction of sp³-hybridized carbons (Fsp3) is 0.455. The largest absolute Gasteiger partial charge is 0.480 e. The van der Waals surface area contributed by atoms with E-state index in [9.17, 15) is 9.18 Å². The van der Waals surface area contributed by atoms with E-state index in [0.717, 1.165) is 6.20 Å². The molecule has 2 heterocycles. The number of aliphatic carboxylic acids is 1. The predicted octanol–water partition coefficient (Wildman–Crippen LogP) is 0.723. The van der Waals surface area contributed by atoms with E-state index in [1.165, 1.54) is 12.1 Å². The van der Waals surface area contributed by atoms with Crippen LogP contribution in [0.5, 0.6) is 0 Å². The van der Waals surface area contributed by atoms with E-state index in [4.69, 9.17) is 9.84 Å². The minimum absolute atomic E-state index is 0.346. The Morgan fingerprint density at radius 2 is 2.41 bits per heavy atom. The second-order valence-electron chi connectivity index (χ2n) is 3.96. The molecule has 0 saturated carbocycles. The molecule has 1 saturated heterocycles. The van der Waals surface area contributed by atoms with Crippen molar-refractivity contribution in [1.82, 2.24) is 10.3 Å². The van der Waals surface area contributed by atoms with Gasteiger partial charge in [-0.05, 0) is 19.1 Å². The van der Waals surface area contributed by atoms with Crippen molar-refractivity contribution in [1.29, 1.82) is 0 Å². The first-order chi connectivity index (χ1) is 8.08. The summed E-state index contributed by atoms with van der Waals surface area (Å²) in [5.41, 5.74) is 0.592. The number of hydrogen-bond donors (Lipinski definition) is 2. The van der Waals surface area contributed by atoms with Crippen molar-refractivity contribution in [3.05, 3.63) is 29.8 Å². The third-order valence-corrected chi connectivity index (χ3v) is 2.72. The molecule has 0 amide bonds. The fourth-order valence-electron chi connectivity index (χ4n) is 1.83. The molecule has 5 nitrogen and oxygen atoms in total. The van der Waals surface area contributed by atoms with Crippen LogP contribution in [-0.4, -0.2) is 34.8 Å². The maximum atomic E-state index is 12.7. The van der Waals surface area contributed by atoms with Crippen molar-refractivity contribution in [2.45, 2.75) is 25.2 Å². The normalized spacial score (nSPS) is 28.9. The molecule has 0 spiro atoms.